The third-order valence-electron chi connectivity index (χ3n) is 3.89. The van der Waals surface area contributed by atoms with Crippen LogP contribution in [0.3, 0.4) is 0 Å². The summed E-state index contributed by atoms with van der Waals surface area (Å²) in [7, 11) is 0. The topological polar surface area (TPSA) is 35.2 Å². The molecule has 21 heavy (non-hydrogen) atoms. The maximum absolute atomic E-state index is 6.37. The quantitative estimate of drug-likeness (QED) is 0.904. The fourth-order valence-electron chi connectivity index (χ4n) is 2.80. The molecule has 2 nitrogen and oxygen atoms in total. The van der Waals surface area contributed by atoms with Crippen LogP contribution in [0.4, 0.5) is 0 Å². The fraction of sp³-hybridized carbons (Fsp3) is 0.294. The van der Waals surface area contributed by atoms with E-state index >= 15 is 0 Å². The second kappa shape index (κ2) is 5.88. The number of ether oxygens (including phenoxy) is 1. The van der Waals surface area contributed by atoms with E-state index in [-0.39, 0.29) is 6.04 Å². The van der Waals surface area contributed by atoms with Crippen LogP contribution in [0.25, 0.3) is 0 Å². The van der Waals surface area contributed by atoms with Crippen molar-refractivity contribution in [2.45, 2.75) is 25.8 Å². The van der Waals surface area contributed by atoms with E-state index in [0.29, 0.717) is 13.0 Å². The van der Waals surface area contributed by atoms with Gasteiger partial charge in [0.05, 0.1) is 6.61 Å². The highest BCUT2D eigenvalue weighted by molar-refractivity contribution is 6.32. The zero-order valence-electron chi connectivity index (χ0n) is 11.8. The molecule has 0 bridgehead atoms. The summed E-state index contributed by atoms with van der Waals surface area (Å²) in [6.45, 7) is 2.70. The smallest absolute Gasteiger partial charge is 0.125 e. The summed E-state index contributed by atoms with van der Waals surface area (Å²) in [5.74, 6) is 0.943. The van der Waals surface area contributed by atoms with Gasteiger partial charge >= 0.3 is 0 Å². The molecule has 1 aliphatic rings. The van der Waals surface area contributed by atoms with Crippen LogP contribution >= 0.6 is 23.2 Å². The van der Waals surface area contributed by atoms with Crippen molar-refractivity contribution >= 4 is 23.2 Å². The van der Waals surface area contributed by atoms with Crippen molar-refractivity contribution in [1.82, 2.24) is 0 Å². The van der Waals surface area contributed by atoms with Crippen molar-refractivity contribution in [3.8, 4) is 5.75 Å². The fourth-order valence-corrected chi connectivity index (χ4v) is 3.33. The molecule has 0 aliphatic carbocycles. The summed E-state index contributed by atoms with van der Waals surface area (Å²) in [4.78, 5) is 0. The Labute approximate surface area is 134 Å². The molecule has 0 radical (unpaired) electrons. The van der Waals surface area contributed by atoms with Crippen LogP contribution in [-0.4, -0.2) is 6.61 Å². The van der Waals surface area contributed by atoms with Gasteiger partial charge in [-0.1, -0.05) is 41.4 Å². The molecular weight excluding hydrogens is 305 g/mol. The lowest BCUT2D eigenvalue weighted by Gasteiger charge is -2.17. The molecule has 2 aromatic rings. The van der Waals surface area contributed by atoms with Gasteiger partial charge in [0.1, 0.15) is 5.75 Å². The minimum atomic E-state index is -0.177. The first-order valence-electron chi connectivity index (χ1n) is 7.01. The molecule has 0 spiro atoms. The Morgan fingerprint density at radius 3 is 2.90 bits per heavy atom. The number of aryl methyl sites for hydroxylation is 1. The Bertz CT molecular complexity index is 685. The predicted octanol–water partition coefficient (Wildman–Crippen LogP) is 4.48. The number of hydrogen-bond donors (Lipinski definition) is 1. The molecule has 4 heteroatoms. The predicted molar refractivity (Wildman–Crippen MR) is 87.5 cm³/mol. The number of rotatable bonds is 3. The van der Waals surface area contributed by atoms with Crippen LogP contribution in [0.1, 0.15) is 28.3 Å². The zero-order valence-corrected chi connectivity index (χ0v) is 13.3. The monoisotopic (exact) mass is 321 g/mol. The largest absolute Gasteiger partial charge is 0.493 e. The van der Waals surface area contributed by atoms with E-state index in [1.54, 1.807) is 0 Å². The molecular formula is C17H17Cl2NO. The summed E-state index contributed by atoms with van der Waals surface area (Å²) < 4.78 is 5.73. The maximum atomic E-state index is 6.37. The Morgan fingerprint density at radius 1 is 1.29 bits per heavy atom. The molecule has 0 aromatic heterocycles. The van der Waals surface area contributed by atoms with Gasteiger partial charge in [0.25, 0.3) is 0 Å². The van der Waals surface area contributed by atoms with Crippen molar-refractivity contribution in [2.24, 2.45) is 5.73 Å². The van der Waals surface area contributed by atoms with Gasteiger partial charge in [-0.15, -0.1) is 0 Å². The molecule has 2 N–H and O–H groups in total. The molecule has 3 rings (SSSR count). The highest BCUT2D eigenvalue weighted by Crippen LogP contribution is 2.36. The third-order valence-corrected chi connectivity index (χ3v) is 4.62. The molecule has 1 atom stereocenters. The summed E-state index contributed by atoms with van der Waals surface area (Å²) in [6, 6.07) is 9.68. The lowest BCUT2D eigenvalue weighted by atomic mass is 9.96. The van der Waals surface area contributed by atoms with Crippen molar-refractivity contribution in [3.63, 3.8) is 0 Å². The van der Waals surface area contributed by atoms with E-state index in [4.69, 9.17) is 33.7 Å². The van der Waals surface area contributed by atoms with E-state index < -0.39 is 0 Å². The molecule has 110 valence electrons. The highest BCUT2D eigenvalue weighted by atomic mass is 35.5. The summed E-state index contributed by atoms with van der Waals surface area (Å²) in [6.07, 6.45) is 1.56. The van der Waals surface area contributed by atoms with Gasteiger partial charge in [0.2, 0.25) is 0 Å². The zero-order chi connectivity index (χ0) is 15.0. The van der Waals surface area contributed by atoms with Crippen LogP contribution < -0.4 is 10.5 Å². The molecule has 2 aromatic carbocycles. The molecule has 0 amide bonds. The second-order valence-electron chi connectivity index (χ2n) is 5.44. The molecule has 0 saturated carbocycles. The Hall–Kier alpha value is -1.22. The standard InChI is InChI=1S/C17H17Cl2NO/c1-10-3-2-4-14(16(10)19)15(20)9-12-8-13(18)7-11-5-6-21-17(11)12/h2-4,7-8,15H,5-6,9,20H2,1H3. The number of fused-ring (bicyclic) bond motifs is 1. The molecule has 1 unspecified atom stereocenters. The summed E-state index contributed by atoms with van der Waals surface area (Å²) in [5, 5.41) is 1.47. The van der Waals surface area contributed by atoms with E-state index in [9.17, 15) is 0 Å². The van der Waals surface area contributed by atoms with Crippen molar-refractivity contribution in [3.05, 3.63) is 62.6 Å². The minimum Gasteiger partial charge on any atom is -0.493 e. The van der Waals surface area contributed by atoms with Gasteiger partial charge in [0, 0.05) is 22.5 Å². The average molecular weight is 322 g/mol. The summed E-state index contributed by atoms with van der Waals surface area (Å²) in [5.41, 5.74) is 10.6. The van der Waals surface area contributed by atoms with Crippen LogP contribution in [0.2, 0.25) is 10.0 Å². The van der Waals surface area contributed by atoms with Crippen LogP contribution in [0.15, 0.2) is 30.3 Å². The van der Waals surface area contributed by atoms with Gasteiger partial charge in [-0.2, -0.15) is 0 Å². The van der Waals surface area contributed by atoms with E-state index in [1.807, 2.05) is 37.3 Å². The summed E-state index contributed by atoms with van der Waals surface area (Å²) >= 11 is 12.6. The third kappa shape index (κ3) is 2.89. The van der Waals surface area contributed by atoms with Crippen LogP contribution in [0.5, 0.6) is 5.75 Å². The average Bonchev–Trinajstić information content (AvgIpc) is 2.90. The first-order chi connectivity index (χ1) is 10.1. The van der Waals surface area contributed by atoms with Gasteiger partial charge < -0.3 is 10.5 Å². The van der Waals surface area contributed by atoms with Gasteiger partial charge in [-0.3, -0.25) is 0 Å². The normalized spacial score (nSPS) is 14.7. The second-order valence-corrected chi connectivity index (χ2v) is 6.25. The van der Waals surface area contributed by atoms with Gasteiger partial charge in [-0.05, 0) is 47.7 Å². The SMILES string of the molecule is Cc1cccc(C(N)Cc2cc(Cl)cc3c2OCC3)c1Cl. The Balaban J connectivity index is 1.92. The first kappa shape index (κ1) is 14.7. The molecule has 0 saturated heterocycles. The first-order valence-corrected chi connectivity index (χ1v) is 7.76. The van der Waals surface area contributed by atoms with E-state index in [0.717, 1.165) is 38.9 Å². The number of halogens is 2. The van der Waals surface area contributed by atoms with E-state index in [1.165, 1.54) is 5.56 Å². The Morgan fingerprint density at radius 2 is 2.10 bits per heavy atom. The minimum absolute atomic E-state index is 0.177. The number of benzene rings is 2. The lowest BCUT2D eigenvalue weighted by Crippen LogP contribution is -2.14. The maximum Gasteiger partial charge on any atom is 0.125 e. The van der Waals surface area contributed by atoms with Crippen molar-refractivity contribution in [1.29, 1.82) is 0 Å². The number of nitrogens with two attached hydrogens (primary N) is 1. The van der Waals surface area contributed by atoms with Crippen molar-refractivity contribution in [2.75, 3.05) is 6.61 Å². The molecule has 1 aliphatic heterocycles. The number of hydrogen-bond acceptors (Lipinski definition) is 2. The lowest BCUT2D eigenvalue weighted by molar-refractivity contribution is 0.352. The van der Waals surface area contributed by atoms with Gasteiger partial charge in [0.15, 0.2) is 0 Å². The molecule has 1 heterocycles. The van der Waals surface area contributed by atoms with Crippen LogP contribution in [-0.2, 0) is 12.8 Å². The Kier molecular flexibility index (Phi) is 4.12. The van der Waals surface area contributed by atoms with E-state index in [2.05, 4.69) is 0 Å². The van der Waals surface area contributed by atoms with Crippen LogP contribution in [0, 0.1) is 6.92 Å². The van der Waals surface area contributed by atoms with Gasteiger partial charge in [-0.25, -0.2) is 0 Å². The highest BCUT2D eigenvalue weighted by Gasteiger charge is 2.20. The van der Waals surface area contributed by atoms with Crippen molar-refractivity contribution < 1.29 is 4.74 Å². The molecule has 0 fully saturated rings.